The van der Waals surface area contributed by atoms with Crippen LogP contribution in [0.3, 0.4) is 0 Å². The van der Waals surface area contributed by atoms with E-state index in [2.05, 4.69) is 4.99 Å². The van der Waals surface area contributed by atoms with Gasteiger partial charge in [0.15, 0.2) is 11.7 Å². The van der Waals surface area contributed by atoms with Crippen molar-refractivity contribution in [1.29, 1.82) is 0 Å². The van der Waals surface area contributed by atoms with Crippen molar-refractivity contribution in [2.24, 2.45) is 16.8 Å². The molecule has 0 fully saturated rings. The number of aliphatic carboxylic acids is 1. The summed E-state index contributed by atoms with van der Waals surface area (Å²) >= 11 is 0. The number of aliphatic imine (C=N–C) groups is 1. The molecule has 6 heteroatoms. The Morgan fingerprint density at radius 2 is 2.05 bits per heavy atom. The van der Waals surface area contributed by atoms with Crippen LogP contribution in [-0.2, 0) is 9.59 Å². The van der Waals surface area contributed by atoms with Gasteiger partial charge in [0.1, 0.15) is 11.8 Å². The summed E-state index contributed by atoms with van der Waals surface area (Å²) in [6.07, 6.45) is 1.43. The summed E-state index contributed by atoms with van der Waals surface area (Å²) < 4.78 is 5.09. The molecule has 0 aliphatic carbocycles. The molecule has 2 rings (SSSR count). The van der Waals surface area contributed by atoms with E-state index >= 15 is 0 Å². The Morgan fingerprint density at radius 3 is 2.68 bits per heavy atom. The Kier molecular flexibility index (Phi) is 4.70. The Hall–Kier alpha value is -2.50. The van der Waals surface area contributed by atoms with E-state index in [1.54, 1.807) is 18.2 Å². The SMILES string of the molecule is CC(C)C[C@@H](N=CC1C(=O)Oc2ccccc2C1=O)C(=O)O. The molecule has 1 aromatic rings. The number of carboxylic acids is 1. The van der Waals surface area contributed by atoms with E-state index in [4.69, 9.17) is 9.84 Å². The summed E-state index contributed by atoms with van der Waals surface area (Å²) in [5, 5.41) is 9.13. The molecule has 22 heavy (non-hydrogen) atoms. The summed E-state index contributed by atoms with van der Waals surface area (Å²) in [7, 11) is 0. The Bertz CT molecular complexity index is 635. The molecule has 2 atom stereocenters. The standard InChI is InChI=1S/C16H17NO5/c1-9(2)7-12(15(19)20)17-8-11-14(18)10-5-3-4-6-13(10)22-16(11)21/h3-6,8-9,11-12H,7H2,1-2H3,(H,19,20)/t11?,12-/m1/s1. The van der Waals surface area contributed by atoms with Crippen molar-refractivity contribution >= 4 is 23.9 Å². The lowest BCUT2D eigenvalue weighted by molar-refractivity contribution is -0.139. The van der Waals surface area contributed by atoms with Crippen molar-refractivity contribution in [3.8, 4) is 5.75 Å². The fourth-order valence-corrected chi connectivity index (χ4v) is 2.20. The average Bonchev–Trinajstić information content (AvgIpc) is 2.45. The lowest BCUT2D eigenvalue weighted by Gasteiger charge is -2.19. The fourth-order valence-electron chi connectivity index (χ4n) is 2.20. The fraction of sp³-hybridized carbons (Fsp3) is 0.375. The topological polar surface area (TPSA) is 93.0 Å². The highest BCUT2D eigenvalue weighted by Crippen LogP contribution is 2.27. The van der Waals surface area contributed by atoms with Gasteiger partial charge in [-0.05, 0) is 24.5 Å². The molecule has 1 heterocycles. The Labute approximate surface area is 127 Å². The van der Waals surface area contributed by atoms with Crippen molar-refractivity contribution in [2.45, 2.75) is 26.3 Å². The van der Waals surface area contributed by atoms with Crippen LogP contribution in [0.2, 0.25) is 0 Å². The van der Waals surface area contributed by atoms with Gasteiger partial charge < -0.3 is 9.84 Å². The van der Waals surface area contributed by atoms with Gasteiger partial charge in [0, 0.05) is 6.21 Å². The predicted octanol–water partition coefficient (Wildman–Crippen LogP) is 1.97. The van der Waals surface area contributed by atoms with Gasteiger partial charge in [-0.25, -0.2) is 4.79 Å². The molecule has 1 N–H and O–H groups in total. The highest BCUT2D eigenvalue weighted by Gasteiger charge is 2.35. The smallest absolute Gasteiger partial charge is 0.328 e. The van der Waals surface area contributed by atoms with Crippen LogP contribution in [0.4, 0.5) is 0 Å². The number of ketones is 1. The number of ether oxygens (including phenoxy) is 1. The molecular weight excluding hydrogens is 286 g/mol. The number of benzene rings is 1. The second-order valence-corrected chi connectivity index (χ2v) is 5.54. The monoisotopic (exact) mass is 303 g/mol. The maximum atomic E-state index is 12.3. The van der Waals surface area contributed by atoms with Gasteiger partial charge in [-0.2, -0.15) is 0 Å². The maximum absolute atomic E-state index is 12.3. The lowest BCUT2D eigenvalue weighted by atomic mass is 9.95. The third-order valence-electron chi connectivity index (χ3n) is 3.29. The number of hydrogen-bond donors (Lipinski definition) is 1. The first kappa shape index (κ1) is 15.9. The average molecular weight is 303 g/mol. The molecule has 1 aliphatic heterocycles. The van der Waals surface area contributed by atoms with Crippen LogP contribution in [0.1, 0.15) is 30.6 Å². The van der Waals surface area contributed by atoms with E-state index < -0.39 is 29.7 Å². The number of carbonyl (C=O) groups is 3. The van der Waals surface area contributed by atoms with Gasteiger partial charge in [0.25, 0.3) is 0 Å². The molecule has 0 amide bonds. The van der Waals surface area contributed by atoms with Crippen molar-refractivity contribution in [1.82, 2.24) is 0 Å². The van der Waals surface area contributed by atoms with Crippen LogP contribution in [-0.4, -0.2) is 35.1 Å². The van der Waals surface area contributed by atoms with Crippen molar-refractivity contribution in [3.05, 3.63) is 29.8 Å². The summed E-state index contributed by atoms with van der Waals surface area (Å²) in [6.45, 7) is 3.75. The molecule has 1 aliphatic rings. The minimum absolute atomic E-state index is 0.132. The molecule has 0 spiro atoms. The highest BCUT2D eigenvalue weighted by atomic mass is 16.5. The number of hydrogen-bond acceptors (Lipinski definition) is 5. The van der Waals surface area contributed by atoms with E-state index in [0.29, 0.717) is 12.0 Å². The van der Waals surface area contributed by atoms with Crippen LogP contribution in [0.25, 0.3) is 0 Å². The number of esters is 1. The molecule has 1 aromatic carbocycles. The Morgan fingerprint density at radius 1 is 1.36 bits per heavy atom. The van der Waals surface area contributed by atoms with Crippen LogP contribution in [0.15, 0.2) is 29.3 Å². The third-order valence-corrected chi connectivity index (χ3v) is 3.29. The minimum atomic E-state index is -1.19. The number of rotatable bonds is 5. The highest BCUT2D eigenvalue weighted by molar-refractivity contribution is 6.22. The van der Waals surface area contributed by atoms with E-state index in [-0.39, 0.29) is 11.7 Å². The van der Waals surface area contributed by atoms with E-state index in [1.165, 1.54) is 6.07 Å². The largest absolute Gasteiger partial charge is 0.480 e. The maximum Gasteiger partial charge on any atom is 0.328 e. The predicted molar refractivity (Wildman–Crippen MR) is 79.3 cm³/mol. The van der Waals surface area contributed by atoms with Crippen LogP contribution in [0, 0.1) is 11.8 Å². The Balaban J connectivity index is 2.22. The van der Waals surface area contributed by atoms with Crippen LogP contribution >= 0.6 is 0 Å². The molecule has 0 aromatic heterocycles. The van der Waals surface area contributed by atoms with Gasteiger partial charge in [-0.1, -0.05) is 26.0 Å². The molecular formula is C16H17NO5. The summed E-state index contributed by atoms with van der Waals surface area (Å²) in [5.41, 5.74) is 0.300. The van der Waals surface area contributed by atoms with Gasteiger partial charge in [-0.15, -0.1) is 0 Å². The third kappa shape index (κ3) is 3.39. The zero-order valence-electron chi connectivity index (χ0n) is 12.4. The molecule has 6 nitrogen and oxygen atoms in total. The first-order valence-electron chi connectivity index (χ1n) is 7.01. The van der Waals surface area contributed by atoms with Crippen LogP contribution < -0.4 is 4.74 Å². The number of para-hydroxylation sites is 1. The van der Waals surface area contributed by atoms with E-state index in [1.807, 2.05) is 13.8 Å². The molecule has 1 unspecified atom stereocenters. The van der Waals surface area contributed by atoms with E-state index in [9.17, 15) is 14.4 Å². The molecule has 0 bridgehead atoms. The van der Waals surface area contributed by atoms with Crippen molar-refractivity contribution < 1.29 is 24.2 Å². The van der Waals surface area contributed by atoms with Gasteiger partial charge >= 0.3 is 11.9 Å². The normalized spacial score (nSPS) is 19.1. The quantitative estimate of drug-likeness (QED) is 0.388. The van der Waals surface area contributed by atoms with E-state index in [0.717, 1.165) is 6.21 Å². The molecule has 116 valence electrons. The first-order chi connectivity index (χ1) is 10.4. The van der Waals surface area contributed by atoms with Gasteiger partial charge in [0.05, 0.1) is 5.56 Å². The second-order valence-electron chi connectivity index (χ2n) is 5.54. The number of carboxylic acid groups (broad SMARTS) is 1. The zero-order valence-corrected chi connectivity index (χ0v) is 12.4. The summed E-state index contributed by atoms with van der Waals surface area (Å²) in [4.78, 5) is 39.3. The lowest BCUT2D eigenvalue weighted by Crippen LogP contribution is -2.35. The summed E-state index contributed by atoms with van der Waals surface area (Å²) in [6, 6.07) is 5.46. The van der Waals surface area contributed by atoms with Gasteiger partial charge in [-0.3, -0.25) is 14.6 Å². The van der Waals surface area contributed by atoms with Crippen molar-refractivity contribution in [2.75, 3.05) is 0 Å². The van der Waals surface area contributed by atoms with Gasteiger partial charge in [0.2, 0.25) is 0 Å². The number of nitrogens with zero attached hydrogens (tertiary/aromatic N) is 1. The first-order valence-corrected chi connectivity index (χ1v) is 7.01. The number of carbonyl (C=O) groups excluding carboxylic acids is 2. The second kappa shape index (κ2) is 6.51. The minimum Gasteiger partial charge on any atom is -0.480 e. The molecule has 0 saturated carbocycles. The zero-order chi connectivity index (χ0) is 16.3. The number of fused-ring (bicyclic) bond motifs is 1. The molecule has 0 saturated heterocycles. The molecule has 0 radical (unpaired) electrons. The summed E-state index contributed by atoms with van der Waals surface area (Å²) in [5.74, 6) is -3.08. The number of Topliss-reactive ketones (excluding diaryl/α,β-unsaturated/α-hetero) is 1. The van der Waals surface area contributed by atoms with Crippen molar-refractivity contribution in [3.63, 3.8) is 0 Å². The van der Waals surface area contributed by atoms with Crippen LogP contribution in [0.5, 0.6) is 5.75 Å².